The Hall–Kier alpha value is -3.30. The van der Waals surface area contributed by atoms with Crippen LogP contribution >= 0.6 is 0 Å². The molecule has 2 N–H and O–H groups in total. The summed E-state index contributed by atoms with van der Waals surface area (Å²) < 4.78 is 3.69. The van der Waals surface area contributed by atoms with Crippen LogP contribution < -0.4 is 0 Å². The fraction of sp³-hybridized carbons (Fsp3) is 0.300. The molecule has 2 unspecified atom stereocenters. The maximum Gasteiger partial charge on any atom is 0.153 e. The van der Waals surface area contributed by atoms with Crippen molar-refractivity contribution in [2.24, 2.45) is 5.10 Å². The quantitative estimate of drug-likeness (QED) is 0.526. The molecule has 1 aliphatic heterocycles. The molecule has 0 fully saturated rings. The van der Waals surface area contributed by atoms with E-state index in [1.165, 1.54) is 0 Å². The van der Waals surface area contributed by atoms with Crippen molar-refractivity contribution in [2.75, 3.05) is 20.2 Å². The van der Waals surface area contributed by atoms with Crippen LogP contribution in [-0.2, 0) is 6.42 Å². The van der Waals surface area contributed by atoms with Crippen LogP contribution in [0.2, 0.25) is 0 Å². The van der Waals surface area contributed by atoms with E-state index in [1.807, 2.05) is 63.8 Å². The molecule has 0 bridgehead atoms. The molecule has 2 atom stereocenters. The molecule has 9 nitrogen and oxygen atoms in total. The van der Waals surface area contributed by atoms with Crippen LogP contribution in [0.4, 0.5) is 0 Å². The predicted octanol–water partition coefficient (Wildman–Crippen LogP) is 1.01. The van der Waals surface area contributed by atoms with Crippen molar-refractivity contribution >= 4 is 17.5 Å². The Morgan fingerprint density at radius 1 is 1.14 bits per heavy atom. The Morgan fingerprint density at radius 2 is 1.97 bits per heavy atom. The number of rotatable bonds is 5. The number of aliphatic hydroxyl groups is 2. The van der Waals surface area contributed by atoms with Gasteiger partial charge in [-0.1, -0.05) is 6.07 Å². The Morgan fingerprint density at radius 3 is 2.76 bits per heavy atom. The minimum atomic E-state index is -0.966. The fourth-order valence-electron chi connectivity index (χ4n) is 3.69. The van der Waals surface area contributed by atoms with Gasteiger partial charge in [0.15, 0.2) is 5.65 Å². The predicted molar refractivity (Wildman–Crippen MR) is 107 cm³/mol. The average Bonchev–Trinajstić information content (AvgIpc) is 3.45. The summed E-state index contributed by atoms with van der Waals surface area (Å²) in [6.45, 7) is 0.466. The van der Waals surface area contributed by atoms with Crippen molar-refractivity contribution in [3.05, 3.63) is 65.5 Å². The van der Waals surface area contributed by atoms with E-state index in [2.05, 4.69) is 15.1 Å². The first kappa shape index (κ1) is 17.8. The third kappa shape index (κ3) is 3.14. The first-order valence-corrected chi connectivity index (χ1v) is 9.46. The van der Waals surface area contributed by atoms with Crippen LogP contribution in [0.5, 0.6) is 0 Å². The van der Waals surface area contributed by atoms with E-state index >= 15 is 0 Å². The zero-order valence-corrected chi connectivity index (χ0v) is 15.9. The minimum absolute atomic E-state index is 0.171. The molecule has 0 aliphatic carbocycles. The molecule has 1 aliphatic rings. The summed E-state index contributed by atoms with van der Waals surface area (Å²) in [5.74, 6) is 0.171. The summed E-state index contributed by atoms with van der Waals surface area (Å²) >= 11 is 0. The lowest BCUT2D eigenvalue weighted by Gasteiger charge is -2.11. The van der Waals surface area contributed by atoms with Gasteiger partial charge in [0.2, 0.25) is 0 Å². The van der Waals surface area contributed by atoms with Gasteiger partial charge in [-0.2, -0.15) is 10.2 Å². The number of hydrogen-bond donors (Lipinski definition) is 2. The molecular weight excluding hydrogens is 370 g/mol. The Labute approximate surface area is 166 Å². The molecule has 0 radical (unpaired) electrons. The Bertz CT molecular complexity index is 1210. The van der Waals surface area contributed by atoms with E-state index in [1.54, 1.807) is 6.20 Å². The number of imidazole rings is 2. The van der Waals surface area contributed by atoms with E-state index in [0.29, 0.717) is 12.1 Å². The number of nitrogens with zero attached hydrogens (tertiary/aromatic N) is 7. The monoisotopic (exact) mass is 391 g/mol. The highest BCUT2D eigenvalue weighted by Crippen LogP contribution is 2.20. The minimum Gasteiger partial charge on any atom is -0.393 e. The van der Waals surface area contributed by atoms with Gasteiger partial charge >= 0.3 is 0 Å². The molecule has 4 aromatic rings. The van der Waals surface area contributed by atoms with Crippen molar-refractivity contribution < 1.29 is 10.2 Å². The number of aliphatic hydroxyl groups excluding tert-OH is 2. The zero-order valence-electron chi connectivity index (χ0n) is 15.9. The number of aromatic nitrogens is 5. The molecule has 0 amide bonds. The van der Waals surface area contributed by atoms with Gasteiger partial charge in [-0.3, -0.25) is 5.01 Å². The molecule has 0 saturated heterocycles. The lowest BCUT2D eigenvalue weighted by Crippen LogP contribution is -2.14. The SMILES string of the molecule is CN1CC(c2ccc3ncc(Cc4ccc5ncc(C(O)CO)n5c4)n3n2)C=N1. The van der Waals surface area contributed by atoms with E-state index in [4.69, 9.17) is 5.10 Å². The first-order valence-electron chi connectivity index (χ1n) is 9.46. The summed E-state index contributed by atoms with van der Waals surface area (Å²) in [5, 5.41) is 30.3. The molecule has 0 saturated carbocycles. The van der Waals surface area contributed by atoms with Crippen LogP contribution in [-0.4, -0.2) is 65.6 Å². The Kier molecular flexibility index (Phi) is 4.26. The van der Waals surface area contributed by atoms with Crippen molar-refractivity contribution in [1.29, 1.82) is 0 Å². The fourth-order valence-corrected chi connectivity index (χ4v) is 3.69. The summed E-state index contributed by atoms with van der Waals surface area (Å²) in [5.41, 5.74) is 5.04. The zero-order chi connectivity index (χ0) is 20.0. The van der Waals surface area contributed by atoms with E-state index in [-0.39, 0.29) is 12.5 Å². The van der Waals surface area contributed by atoms with Gasteiger partial charge in [0.05, 0.1) is 42.0 Å². The molecule has 4 aromatic heterocycles. The number of likely N-dealkylation sites (N-methyl/N-ethyl adjacent to an activating group) is 1. The van der Waals surface area contributed by atoms with Crippen molar-refractivity contribution in [2.45, 2.75) is 18.4 Å². The molecule has 5 rings (SSSR count). The molecule has 9 heteroatoms. The van der Waals surface area contributed by atoms with Crippen LogP contribution in [0.1, 0.15) is 34.7 Å². The van der Waals surface area contributed by atoms with Gasteiger partial charge in [0, 0.05) is 32.4 Å². The maximum atomic E-state index is 10.0. The summed E-state index contributed by atoms with van der Waals surface area (Å²) in [6.07, 6.45) is 6.93. The van der Waals surface area contributed by atoms with E-state index in [9.17, 15) is 10.2 Å². The van der Waals surface area contributed by atoms with Crippen LogP contribution in [0.3, 0.4) is 0 Å². The molecule has 5 heterocycles. The molecule has 29 heavy (non-hydrogen) atoms. The van der Waals surface area contributed by atoms with Gasteiger partial charge < -0.3 is 14.6 Å². The Balaban J connectivity index is 1.49. The smallest absolute Gasteiger partial charge is 0.153 e. The molecular formula is C20H21N7O2. The number of fused-ring (bicyclic) bond motifs is 2. The standard InChI is InChI=1S/C20H21N7O2/c1-25-11-14(7-23-25)16-3-5-20-21-8-15(27(20)24-16)6-13-2-4-19-22-9-17(18(29)12-28)26(19)10-13/h2-5,7-10,14,18,28-29H,6,11-12H2,1H3. The first-order chi connectivity index (χ1) is 14.1. The number of hydrazone groups is 1. The number of hydrogen-bond acceptors (Lipinski definition) is 7. The summed E-state index contributed by atoms with van der Waals surface area (Å²) in [6, 6.07) is 7.88. The second-order valence-corrected chi connectivity index (χ2v) is 7.31. The largest absolute Gasteiger partial charge is 0.393 e. The van der Waals surface area contributed by atoms with Crippen LogP contribution in [0.15, 0.2) is 48.0 Å². The summed E-state index contributed by atoms with van der Waals surface area (Å²) in [7, 11) is 1.95. The molecule has 0 spiro atoms. The van der Waals surface area contributed by atoms with Gasteiger partial charge in [-0.15, -0.1) is 0 Å². The lowest BCUT2D eigenvalue weighted by molar-refractivity contribution is 0.0916. The highest BCUT2D eigenvalue weighted by atomic mass is 16.3. The summed E-state index contributed by atoms with van der Waals surface area (Å²) in [4.78, 5) is 8.76. The van der Waals surface area contributed by atoms with Crippen molar-refractivity contribution in [3.63, 3.8) is 0 Å². The topological polar surface area (TPSA) is 104 Å². The molecule has 0 aromatic carbocycles. The van der Waals surface area contributed by atoms with E-state index < -0.39 is 6.10 Å². The van der Waals surface area contributed by atoms with Gasteiger partial charge in [-0.25, -0.2) is 14.5 Å². The van der Waals surface area contributed by atoms with Crippen LogP contribution in [0, 0.1) is 0 Å². The van der Waals surface area contributed by atoms with Crippen LogP contribution in [0.25, 0.3) is 11.3 Å². The molecule has 148 valence electrons. The van der Waals surface area contributed by atoms with Crippen molar-refractivity contribution in [1.82, 2.24) is 29.0 Å². The van der Waals surface area contributed by atoms with Gasteiger partial charge in [-0.05, 0) is 23.8 Å². The highest BCUT2D eigenvalue weighted by molar-refractivity contribution is 5.69. The van der Waals surface area contributed by atoms with Gasteiger partial charge in [0.1, 0.15) is 11.8 Å². The normalized spacial score (nSPS) is 17.6. The second kappa shape index (κ2) is 6.94. The maximum absolute atomic E-state index is 10.0. The van der Waals surface area contributed by atoms with Gasteiger partial charge in [0.25, 0.3) is 0 Å². The third-order valence-corrected chi connectivity index (χ3v) is 5.23. The van der Waals surface area contributed by atoms with E-state index in [0.717, 1.165) is 34.8 Å². The van der Waals surface area contributed by atoms with Crippen molar-refractivity contribution in [3.8, 4) is 0 Å². The second-order valence-electron chi connectivity index (χ2n) is 7.31. The average molecular weight is 391 g/mol. The third-order valence-electron chi connectivity index (χ3n) is 5.23. The highest BCUT2D eigenvalue weighted by Gasteiger charge is 2.19. The number of pyridine rings is 1. The lowest BCUT2D eigenvalue weighted by atomic mass is 10.1.